The zero-order chi connectivity index (χ0) is 13.0. The Bertz CT molecular complexity index is 383. The largest absolute Gasteiger partial charge is 0.370 e. The standard InChI is InChI=1S/C14H22FN3/c1-17(9-7-16)14-6-3-8-18(11-14)13-5-2-4-12(15)10-13/h2,4-5,10,14H,3,6-9,11,16H2,1H3. The Kier molecular flexibility index (Phi) is 4.55. The Morgan fingerprint density at radius 2 is 2.33 bits per heavy atom. The molecule has 1 atom stereocenters. The molecule has 1 heterocycles. The lowest BCUT2D eigenvalue weighted by molar-refractivity contribution is 0.221. The molecule has 1 aromatic rings. The number of hydrogen-bond acceptors (Lipinski definition) is 3. The molecule has 2 rings (SSSR count). The minimum atomic E-state index is -0.162. The molecule has 1 aromatic carbocycles. The van der Waals surface area contributed by atoms with Crippen molar-refractivity contribution in [2.24, 2.45) is 5.73 Å². The van der Waals surface area contributed by atoms with Crippen LogP contribution in [0.4, 0.5) is 10.1 Å². The number of nitrogens with two attached hydrogens (primary N) is 1. The van der Waals surface area contributed by atoms with Crippen molar-refractivity contribution in [3.05, 3.63) is 30.1 Å². The SMILES string of the molecule is CN(CCN)C1CCCN(c2cccc(F)c2)C1. The monoisotopic (exact) mass is 251 g/mol. The van der Waals surface area contributed by atoms with Crippen LogP contribution in [0.3, 0.4) is 0 Å². The van der Waals surface area contributed by atoms with Gasteiger partial charge in [-0.2, -0.15) is 0 Å². The van der Waals surface area contributed by atoms with Crippen molar-refractivity contribution in [2.45, 2.75) is 18.9 Å². The van der Waals surface area contributed by atoms with Crippen molar-refractivity contribution in [3.8, 4) is 0 Å². The highest BCUT2D eigenvalue weighted by Gasteiger charge is 2.23. The van der Waals surface area contributed by atoms with Crippen LogP contribution in [0.1, 0.15) is 12.8 Å². The Morgan fingerprint density at radius 1 is 1.50 bits per heavy atom. The van der Waals surface area contributed by atoms with Crippen molar-refractivity contribution < 1.29 is 4.39 Å². The number of piperidine rings is 1. The van der Waals surface area contributed by atoms with Gasteiger partial charge in [-0.3, -0.25) is 0 Å². The van der Waals surface area contributed by atoms with Crippen LogP contribution >= 0.6 is 0 Å². The lowest BCUT2D eigenvalue weighted by Gasteiger charge is -2.38. The quantitative estimate of drug-likeness (QED) is 0.884. The van der Waals surface area contributed by atoms with Gasteiger partial charge in [-0.05, 0) is 38.1 Å². The van der Waals surface area contributed by atoms with Gasteiger partial charge in [-0.25, -0.2) is 4.39 Å². The molecule has 1 fully saturated rings. The third-order valence-electron chi connectivity index (χ3n) is 3.68. The van der Waals surface area contributed by atoms with E-state index in [1.165, 1.54) is 12.5 Å². The van der Waals surface area contributed by atoms with Crippen LogP contribution in [0.5, 0.6) is 0 Å². The highest BCUT2D eigenvalue weighted by molar-refractivity contribution is 5.47. The van der Waals surface area contributed by atoms with Crippen LogP contribution in [0.25, 0.3) is 0 Å². The molecule has 0 bridgehead atoms. The second kappa shape index (κ2) is 6.16. The second-order valence-corrected chi connectivity index (χ2v) is 4.99. The van der Waals surface area contributed by atoms with Crippen molar-refractivity contribution >= 4 is 5.69 Å². The molecule has 100 valence electrons. The number of benzene rings is 1. The van der Waals surface area contributed by atoms with E-state index in [1.807, 2.05) is 6.07 Å². The Hall–Kier alpha value is -1.13. The van der Waals surface area contributed by atoms with Gasteiger partial charge in [-0.15, -0.1) is 0 Å². The van der Waals surface area contributed by atoms with Crippen LogP contribution < -0.4 is 10.6 Å². The van der Waals surface area contributed by atoms with Gasteiger partial charge in [0.05, 0.1) is 0 Å². The summed E-state index contributed by atoms with van der Waals surface area (Å²) in [5.74, 6) is -0.162. The summed E-state index contributed by atoms with van der Waals surface area (Å²) in [5, 5.41) is 0. The van der Waals surface area contributed by atoms with Crippen LogP contribution in [0.2, 0.25) is 0 Å². The summed E-state index contributed by atoms with van der Waals surface area (Å²) in [6, 6.07) is 7.38. The maximum Gasteiger partial charge on any atom is 0.125 e. The summed E-state index contributed by atoms with van der Waals surface area (Å²) in [7, 11) is 2.12. The van der Waals surface area contributed by atoms with Gasteiger partial charge in [-0.1, -0.05) is 6.07 Å². The summed E-state index contributed by atoms with van der Waals surface area (Å²) in [5.41, 5.74) is 6.58. The zero-order valence-electron chi connectivity index (χ0n) is 11.0. The van der Waals surface area contributed by atoms with Crippen molar-refractivity contribution in [3.63, 3.8) is 0 Å². The van der Waals surface area contributed by atoms with Gasteiger partial charge in [0.25, 0.3) is 0 Å². The van der Waals surface area contributed by atoms with Crippen LogP contribution in [-0.2, 0) is 0 Å². The first-order chi connectivity index (χ1) is 8.70. The normalized spacial score (nSPS) is 20.4. The van der Waals surface area contributed by atoms with E-state index >= 15 is 0 Å². The van der Waals surface area contributed by atoms with Gasteiger partial charge in [0, 0.05) is 37.9 Å². The molecule has 3 nitrogen and oxygen atoms in total. The topological polar surface area (TPSA) is 32.5 Å². The molecule has 1 saturated heterocycles. The van der Waals surface area contributed by atoms with E-state index in [9.17, 15) is 4.39 Å². The second-order valence-electron chi connectivity index (χ2n) is 4.99. The molecule has 0 aromatic heterocycles. The van der Waals surface area contributed by atoms with Crippen molar-refractivity contribution in [1.29, 1.82) is 0 Å². The molecule has 0 amide bonds. The summed E-state index contributed by atoms with van der Waals surface area (Å²) < 4.78 is 13.2. The number of halogens is 1. The number of likely N-dealkylation sites (N-methyl/N-ethyl adjacent to an activating group) is 1. The molecule has 1 unspecified atom stereocenters. The van der Waals surface area contributed by atoms with Crippen LogP contribution in [0, 0.1) is 5.82 Å². The van der Waals surface area contributed by atoms with Gasteiger partial charge < -0.3 is 15.5 Å². The van der Waals surface area contributed by atoms with E-state index in [1.54, 1.807) is 12.1 Å². The zero-order valence-corrected chi connectivity index (χ0v) is 11.0. The number of anilines is 1. The molecule has 2 N–H and O–H groups in total. The first-order valence-corrected chi connectivity index (χ1v) is 6.61. The van der Waals surface area contributed by atoms with Gasteiger partial charge in [0.2, 0.25) is 0 Å². The highest BCUT2D eigenvalue weighted by Crippen LogP contribution is 2.22. The lowest BCUT2D eigenvalue weighted by Crippen LogP contribution is -2.47. The molecule has 18 heavy (non-hydrogen) atoms. The maximum atomic E-state index is 13.2. The fourth-order valence-electron chi connectivity index (χ4n) is 2.61. The van der Waals surface area contributed by atoms with Crippen molar-refractivity contribution in [1.82, 2.24) is 4.90 Å². The fraction of sp³-hybridized carbons (Fsp3) is 0.571. The first kappa shape index (κ1) is 13.3. The fourth-order valence-corrected chi connectivity index (χ4v) is 2.61. The average molecular weight is 251 g/mol. The Balaban J connectivity index is 2.02. The Morgan fingerprint density at radius 3 is 3.06 bits per heavy atom. The van der Waals surface area contributed by atoms with Crippen molar-refractivity contribution in [2.75, 3.05) is 38.1 Å². The third kappa shape index (κ3) is 3.21. The predicted molar refractivity (Wildman–Crippen MR) is 73.3 cm³/mol. The molecule has 4 heteroatoms. The first-order valence-electron chi connectivity index (χ1n) is 6.61. The van der Waals surface area contributed by atoms with Gasteiger partial charge in [0.15, 0.2) is 0 Å². The smallest absolute Gasteiger partial charge is 0.125 e. The molecule has 1 aliphatic rings. The van der Waals surface area contributed by atoms with E-state index in [0.717, 1.165) is 31.7 Å². The maximum absolute atomic E-state index is 13.2. The molecule has 0 spiro atoms. The van der Waals surface area contributed by atoms with Gasteiger partial charge >= 0.3 is 0 Å². The summed E-state index contributed by atoms with van der Waals surface area (Å²) in [4.78, 5) is 4.58. The molecular weight excluding hydrogens is 229 g/mol. The predicted octanol–water partition coefficient (Wildman–Crippen LogP) is 1.68. The average Bonchev–Trinajstić information content (AvgIpc) is 2.39. The van der Waals surface area contributed by atoms with E-state index in [2.05, 4.69) is 16.8 Å². The number of nitrogens with zero attached hydrogens (tertiary/aromatic N) is 2. The lowest BCUT2D eigenvalue weighted by atomic mass is 10.0. The van der Waals surface area contributed by atoms with Gasteiger partial charge in [0.1, 0.15) is 5.82 Å². The molecule has 0 aliphatic carbocycles. The molecular formula is C14H22FN3. The number of rotatable bonds is 4. The minimum Gasteiger partial charge on any atom is -0.370 e. The van der Waals surface area contributed by atoms with E-state index in [4.69, 9.17) is 5.73 Å². The Labute approximate surface area is 108 Å². The third-order valence-corrected chi connectivity index (χ3v) is 3.68. The van der Waals surface area contributed by atoms with E-state index in [0.29, 0.717) is 12.6 Å². The van der Waals surface area contributed by atoms with E-state index < -0.39 is 0 Å². The molecule has 0 radical (unpaired) electrons. The summed E-state index contributed by atoms with van der Waals surface area (Å²) in [6.07, 6.45) is 2.35. The number of hydrogen-bond donors (Lipinski definition) is 1. The van der Waals surface area contributed by atoms with E-state index in [-0.39, 0.29) is 5.82 Å². The van der Waals surface area contributed by atoms with Crippen LogP contribution in [-0.4, -0.2) is 44.2 Å². The molecule has 1 aliphatic heterocycles. The highest BCUT2D eigenvalue weighted by atomic mass is 19.1. The minimum absolute atomic E-state index is 0.162. The van der Waals surface area contributed by atoms with Crippen LogP contribution in [0.15, 0.2) is 24.3 Å². The summed E-state index contributed by atoms with van der Waals surface area (Å²) >= 11 is 0. The summed E-state index contributed by atoms with van der Waals surface area (Å²) in [6.45, 7) is 3.57. The molecule has 0 saturated carbocycles.